The summed E-state index contributed by atoms with van der Waals surface area (Å²) >= 11 is 1.70. The van der Waals surface area contributed by atoms with Crippen molar-refractivity contribution in [1.29, 1.82) is 0 Å². The number of rotatable bonds is 7. The second kappa shape index (κ2) is 7.36. The van der Waals surface area contributed by atoms with Crippen molar-refractivity contribution in [3.63, 3.8) is 0 Å². The van der Waals surface area contributed by atoms with Crippen molar-refractivity contribution in [2.24, 2.45) is 5.92 Å². The van der Waals surface area contributed by atoms with Crippen LogP contribution in [0, 0.1) is 5.92 Å². The Kier molecular flexibility index (Phi) is 4.79. The zero-order valence-electron chi connectivity index (χ0n) is 14.5. The second-order valence-corrected chi connectivity index (χ2v) is 7.58. The largest absolute Gasteiger partial charge is 0.385 e. The van der Waals surface area contributed by atoms with Gasteiger partial charge in [0.05, 0.1) is 5.69 Å². The summed E-state index contributed by atoms with van der Waals surface area (Å²) in [6.07, 6.45) is 6.77. The number of aromatic nitrogens is 2. The van der Waals surface area contributed by atoms with Gasteiger partial charge in [0.15, 0.2) is 0 Å². The SMILES string of the molecule is CCCc1cc(-c2nc(-c3ccc(NCC4CC4)cc3)cs2)ccn1. The molecule has 3 aromatic rings. The van der Waals surface area contributed by atoms with Crippen molar-refractivity contribution in [3.8, 4) is 21.8 Å². The average molecular weight is 350 g/mol. The molecule has 2 aromatic heterocycles. The molecule has 0 radical (unpaired) electrons. The molecule has 1 aliphatic carbocycles. The van der Waals surface area contributed by atoms with Crippen molar-refractivity contribution >= 4 is 17.0 Å². The lowest BCUT2D eigenvalue weighted by Crippen LogP contribution is -2.02. The molecule has 0 bridgehead atoms. The minimum Gasteiger partial charge on any atom is -0.385 e. The Morgan fingerprint density at radius 1 is 1.12 bits per heavy atom. The van der Waals surface area contributed by atoms with Crippen LogP contribution < -0.4 is 5.32 Å². The van der Waals surface area contributed by atoms with Gasteiger partial charge in [-0.3, -0.25) is 4.98 Å². The minimum absolute atomic E-state index is 0.888. The first-order valence-electron chi connectivity index (χ1n) is 9.07. The summed E-state index contributed by atoms with van der Waals surface area (Å²) in [5.41, 5.74) is 5.72. The third-order valence-corrected chi connectivity index (χ3v) is 5.44. The molecule has 0 unspecified atom stereocenters. The van der Waals surface area contributed by atoms with Crippen molar-refractivity contribution < 1.29 is 0 Å². The van der Waals surface area contributed by atoms with E-state index in [2.05, 4.69) is 52.9 Å². The Morgan fingerprint density at radius 2 is 1.96 bits per heavy atom. The van der Waals surface area contributed by atoms with Gasteiger partial charge in [0, 0.05) is 40.6 Å². The predicted octanol–water partition coefficient (Wildman–Crippen LogP) is 5.65. The number of pyridine rings is 1. The van der Waals surface area contributed by atoms with Crippen LogP contribution in [0.3, 0.4) is 0 Å². The molecule has 4 heteroatoms. The van der Waals surface area contributed by atoms with Gasteiger partial charge in [-0.15, -0.1) is 11.3 Å². The van der Waals surface area contributed by atoms with Gasteiger partial charge in [0.2, 0.25) is 0 Å². The molecule has 1 saturated carbocycles. The quantitative estimate of drug-likeness (QED) is 0.599. The molecule has 4 rings (SSSR count). The standard InChI is InChI=1S/C21H23N3S/c1-2-3-19-12-17(10-11-22-19)21-24-20(14-25-21)16-6-8-18(9-7-16)23-13-15-4-5-15/h6-12,14-15,23H,2-5,13H2,1H3. The monoisotopic (exact) mass is 349 g/mol. The van der Waals surface area contributed by atoms with Gasteiger partial charge in [-0.1, -0.05) is 25.5 Å². The maximum Gasteiger partial charge on any atom is 0.124 e. The Morgan fingerprint density at radius 3 is 2.72 bits per heavy atom. The highest BCUT2D eigenvalue weighted by Crippen LogP contribution is 2.31. The van der Waals surface area contributed by atoms with E-state index in [0.29, 0.717) is 0 Å². The molecule has 3 nitrogen and oxygen atoms in total. The lowest BCUT2D eigenvalue weighted by molar-refractivity contribution is 0.883. The molecular formula is C21H23N3S. The lowest BCUT2D eigenvalue weighted by atomic mass is 10.1. The lowest BCUT2D eigenvalue weighted by Gasteiger charge is -2.05. The highest BCUT2D eigenvalue weighted by Gasteiger charge is 2.20. The van der Waals surface area contributed by atoms with Crippen molar-refractivity contribution in [2.75, 3.05) is 11.9 Å². The summed E-state index contributed by atoms with van der Waals surface area (Å²) in [4.78, 5) is 9.27. The number of benzene rings is 1. The number of aryl methyl sites for hydroxylation is 1. The van der Waals surface area contributed by atoms with Crippen molar-refractivity contribution in [1.82, 2.24) is 9.97 Å². The van der Waals surface area contributed by atoms with Crippen LogP contribution in [0.4, 0.5) is 5.69 Å². The van der Waals surface area contributed by atoms with E-state index in [4.69, 9.17) is 4.98 Å². The van der Waals surface area contributed by atoms with E-state index in [1.165, 1.54) is 24.1 Å². The molecule has 0 amide bonds. The summed E-state index contributed by atoms with van der Waals surface area (Å²) < 4.78 is 0. The second-order valence-electron chi connectivity index (χ2n) is 6.73. The van der Waals surface area contributed by atoms with Gasteiger partial charge in [0.25, 0.3) is 0 Å². The third-order valence-electron chi connectivity index (χ3n) is 4.55. The summed E-state index contributed by atoms with van der Waals surface area (Å²) in [5.74, 6) is 0.888. The van der Waals surface area contributed by atoms with E-state index in [9.17, 15) is 0 Å². The maximum atomic E-state index is 4.84. The van der Waals surface area contributed by atoms with Crippen LogP contribution in [-0.4, -0.2) is 16.5 Å². The van der Waals surface area contributed by atoms with Crippen LogP contribution in [0.5, 0.6) is 0 Å². The Labute approximate surface area is 153 Å². The summed E-state index contributed by atoms with van der Waals surface area (Å²) in [5, 5.41) is 6.71. The van der Waals surface area contributed by atoms with Gasteiger partial charge < -0.3 is 5.32 Å². The van der Waals surface area contributed by atoms with Gasteiger partial charge in [-0.25, -0.2) is 4.98 Å². The molecule has 25 heavy (non-hydrogen) atoms. The maximum absolute atomic E-state index is 4.84. The van der Waals surface area contributed by atoms with E-state index in [1.54, 1.807) is 11.3 Å². The van der Waals surface area contributed by atoms with Gasteiger partial charge in [-0.05, 0) is 49.4 Å². The van der Waals surface area contributed by atoms with E-state index in [-0.39, 0.29) is 0 Å². The smallest absolute Gasteiger partial charge is 0.124 e. The van der Waals surface area contributed by atoms with Gasteiger partial charge in [-0.2, -0.15) is 0 Å². The fourth-order valence-corrected chi connectivity index (χ4v) is 3.71. The minimum atomic E-state index is 0.888. The number of thiazole rings is 1. The van der Waals surface area contributed by atoms with Crippen LogP contribution in [0.1, 0.15) is 31.9 Å². The first kappa shape index (κ1) is 16.3. The number of nitrogens with zero attached hydrogens (tertiary/aromatic N) is 2. The van der Waals surface area contributed by atoms with Crippen LogP contribution in [0.2, 0.25) is 0 Å². The molecule has 0 saturated heterocycles. The van der Waals surface area contributed by atoms with E-state index < -0.39 is 0 Å². The molecule has 1 aliphatic rings. The molecule has 0 spiro atoms. The van der Waals surface area contributed by atoms with Crippen LogP contribution >= 0.6 is 11.3 Å². The zero-order chi connectivity index (χ0) is 17.1. The topological polar surface area (TPSA) is 37.8 Å². The van der Waals surface area contributed by atoms with Gasteiger partial charge in [0.1, 0.15) is 5.01 Å². The normalized spacial score (nSPS) is 13.8. The van der Waals surface area contributed by atoms with Crippen LogP contribution in [-0.2, 0) is 6.42 Å². The first-order chi connectivity index (χ1) is 12.3. The molecule has 0 atom stereocenters. The first-order valence-corrected chi connectivity index (χ1v) is 9.95. The summed E-state index contributed by atoms with van der Waals surface area (Å²) in [6.45, 7) is 3.28. The number of hydrogen-bond donors (Lipinski definition) is 1. The molecule has 2 heterocycles. The fourth-order valence-electron chi connectivity index (χ4n) is 2.89. The fraction of sp³-hybridized carbons (Fsp3) is 0.333. The third kappa shape index (κ3) is 4.07. The van der Waals surface area contributed by atoms with Gasteiger partial charge >= 0.3 is 0 Å². The highest BCUT2D eigenvalue weighted by atomic mass is 32.1. The number of hydrogen-bond acceptors (Lipinski definition) is 4. The molecule has 0 aliphatic heterocycles. The molecular weight excluding hydrogens is 326 g/mol. The van der Waals surface area contributed by atoms with Crippen LogP contribution in [0.25, 0.3) is 21.8 Å². The molecule has 1 N–H and O–H groups in total. The average Bonchev–Trinajstić information content (AvgIpc) is 3.35. The van der Waals surface area contributed by atoms with Crippen molar-refractivity contribution in [3.05, 3.63) is 53.7 Å². The Hall–Kier alpha value is -2.20. The zero-order valence-corrected chi connectivity index (χ0v) is 15.4. The van der Waals surface area contributed by atoms with Crippen LogP contribution in [0.15, 0.2) is 48.0 Å². The van der Waals surface area contributed by atoms with Crippen molar-refractivity contribution in [2.45, 2.75) is 32.6 Å². The Balaban J connectivity index is 1.49. The van der Waals surface area contributed by atoms with E-state index in [0.717, 1.165) is 47.3 Å². The number of anilines is 1. The van der Waals surface area contributed by atoms with E-state index >= 15 is 0 Å². The summed E-state index contributed by atoms with van der Waals surface area (Å²) in [7, 11) is 0. The highest BCUT2D eigenvalue weighted by molar-refractivity contribution is 7.13. The van der Waals surface area contributed by atoms with E-state index in [1.807, 2.05) is 12.3 Å². The molecule has 1 fully saturated rings. The molecule has 1 aromatic carbocycles. The number of nitrogens with one attached hydrogen (secondary N) is 1. The predicted molar refractivity (Wildman–Crippen MR) is 106 cm³/mol. The Bertz CT molecular complexity index is 834. The summed E-state index contributed by atoms with van der Waals surface area (Å²) in [6, 6.07) is 12.8. The molecule has 128 valence electrons.